The summed E-state index contributed by atoms with van der Waals surface area (Å²) in [6.07, 6.45) is 3.03. The van der Waals surface area contributed by atoms with Crippen LogP contribution < -0.4 is 4.72 Å². The molecule has 0 bridgehead atoms. The van der Waals surface area contributed by atoms with Gasteiger partial charge in [0.15, 0.2) is 11.9 Å². The van der Waals surface area contributed by atoms with Crippen LogP contribution in [0.25, 0.3) is 0 Å². The van der Waals surface area contributed by atoms with Crippen molar-refractivity contribution >= 4 is 28.5 Å². The van der Waals surface area contributed by atoms with Crippen molar-refractivity contribution in [1.82, 2.24) is 9.62 Å². The minimum atomic E-state index is -1.34. The number of phenolic OH excluding ortho intramolecular Hbond substituents is 1. The molecule has 1 unspecified atom stereocenters. The highest BCUT2D eigenvalue weighted by atomic mass is 35.5. The Bertz CT molecular complexity index is 951. The number of likely N-dealkylation sites (tertiary alicyclic amines) is 1. The molecule has 2 saturated heterocycles. The number of hydrogen-bond donors (Lipinski definition) is 2. The number of phenols is 1. The van der Waals surface area contributed by atoms with Crippen molar-refractivity contribution in [3.05, 3.63) is 28.3 Å². The molecule has 2 heterocycles. The molecule has 3 atom stereocenters. The smallest absolute Gasteiger partial charge is 0.254 e. The van der Waals surface area contributed by atoms with Crippen molar-refractivity contribution in [2.24, 2.45) is 5.92 Å². The van der Waals surface area contributed by atoms with Gasteiger partial charge >= 0.3 is 0 Å². The molecule has 2 aliphatic heterocycles. The van der Waals surface area contributed by atoms with Gasteiger partial charge in [0.1, 0.15) is 5.75 Å². The van der Waals surface area contributed by atoms with Crippen LogP contribution in [0.1, 0.15) is 83.4 Å². The zero-order valence-corrected chi connectivity index (χ0v) is 22.3. The van der Waals surface area contributed by atoms with Crippen LogP contribution in [0.5, 0.6) is 5.75 Å². The summed E-state index contributed by atoms with van der Waals surface area (Å²) < 4.78 is 27.2. The van der Waals surface area contributed by atoms with Gasteiger partial charge in [-0.2, -0.15) is 0 Å². The van der Waals surface area contributed by atoms with Crippen molar-refractivity contribution in [3.63, 3.8) is 0 Å². The number of amides is 1. The fourth-order valence-electron chi connectivity index (χ4n) is 4.72. The number of nitrogens with zero attached hydrogens (tertiary/aromatic N) is 1. The normalized spacial score (nSPS) is 25.4. The first kappa shape index (κ1) is 25.9. The van der Waals surface area contributed by atoms with Crippen LogP contribution in [-0.4, -0.2) is 56.5 Å². The minimum Gasteiger partial charge on any atom is -0.508 e. The summed E-state index contributed by atoms with van der Waals surface area (Å²) >= 11 is 6.61. The van der Waals surface area contributed by atoms with Crippen molar-refractivity contribution < 1.29 is 23.6 Å². The molecule has 190 valence electrons. The summed E-state index contributed by atoms with van der Waals surface area (Å²) in [5.41, 5.74) is 1.66. The lowest BCUT2D eigenvalue weighted by Crippen LogP contribution is -2.47. The number of carbonyl (C=O) groups is 1. The number of nitrogens with one attached hydrogen (secondary N) is 1. The maximum Gasteiger partial charge on any atom is 0.254 e. The average Bonchev–Trinajstić information content (AvgIpc) is 3.54. The Morgan fingerprint density at radius 1 is 1.24 bits per heavy atom. The second kappa shape index (κ2) is 9.69. The van der Waals surface area contributed by atoms with Crippen LogP contribution in [0.4, 0.5) is 0 Å². The van der Waals surface area contributed by atoms with Crippen LogP contribution in [-0.2, 0) is 25.3 Å². The van der Waals surface area contributed by atoms with Gasteiger partial charge in [-0.05, 0) is 89.8 Å². The Morgan fingerprint density at radius 3 is 2.41 bits per heavy atom. The highest BCUT2D eigenvalue weighted by Gasteiger charge is 2.41. The maximum atomic E-state index is 13.1. The Kier molecular flexibility index (Phi) is 7.38. The summed E-state index contributed by atoms with van der Waals surface area (Å²) in [5.74, 6) is -0.100. The number of halogens is 1. The molecule has 9 heteroatoms. The predicted octanol–water partition coefficient (Wildman–Crippen LogP) is 4.41. The maximum absolute atomic E-state index is 13.1. The van der Waals surface area contributed by atoms with E-state index in [9.17, 15) is 14.1 Å². The molecule has 7 nitrogen and oxygen atoms in total. The van der Waals surface area contributed by atoms with Crippen molar-refractivity contribution in [1.29, 1.82) is 0 Å². The van der Waals surface area contributed by atoms with E-state index in [1.165, 1.54) is 0 Å². The van der Waals surface area contributed by atoms with E-state index < -0.39 is 27.6 Å². The minimum absolute atomic E-state index is 0.0496. The van der Waals surface area contributed by atoms with Gasteiger partial charge < -0.3 is 19.5 Å². The van der Waals surface area contributed by atoms with Gasteiger partial charge in [-0.15, -0.1) is 0 Å². The quantitative estimate of drug-likeness (QED) is 0.589. The van der Waals surface area contributed by atoms with Gasteiger partial charge in [0.05, 0.1) is 28.4 Å². The topological polar surface area (TPSA) is 88.1 Å². The first-order chi connectivity index (χ1) is 15.9. The zero-order chi connectivity index (χ0) is 24.8. The van der Waals surface area contributed by atoms with E-state index in [2.05, 4.69) is 4.72 Å². The van der Waals surface area contributed by atoms with Crippen LogP contribution in [0.2, 0.25) is 5.02 Å². The van der Waals surface area contributed by atoms with Crippen LogP contribution in [0.15, 0.2) is 12.1 Å². The molecule has 0 aromatic heterocycles. The first-order valence-electron chi connectivity index (χ1n) is 12.2. The Balaban J connectivity index is 1.51. The third-order valence-electron chi connectivity index (χ3n) is 6.89. The Labute approximate surface area is 210 Å². The lowest BCUT2D eigenvalue weighted by molar-refractivity contribution is -0.161. The molecule has 1 amide bonds. The molecule has 34 heavy (non-hydrogen) atoms. The predicted molar refractivity (Wildman–Crippen MR) is 133 cm³/mol. The SMILES string of the molecule is CC1(C)OC[C@H](C(=O)N2CCC(C(N[S@@](=O)C(C)(C)C)c3cc(Cl)c(C4CC4)cc3O)CC2)O1. The lowest BCUT2D eigenvalue weighted by Gasteiger charge is -2.38. The molecule has 0 spiro atoms. The lowest BCUT2D eigenvalue weighted by atomic mass is 9.85. The third-order valence-corrected chi connectivity index (χ3v) is 8.80. The molecule has 4 rings (SSSR count). The number of ether oxygens (including phenoxy) is 2. The van der Waals surface area contributed by atoms with Crippen LogP contribution in [0, 0.1) is 5.92 Å². The number of piperidine rings is 1. The van der Waals surface area contributed by atoms with E-state index in [1.54, 1.807) is 6.07 Å². The summed E-state index contributed by atoms with van der Waals surface area (Å²) in [7, 11) is -1.34. The van der Waals surface area contributed by atoms with Crippen molar-refractivity contribution in [2.45, 2.75) is 88.9 Å². The zero-order valence-electron chi connectivity index (χ0n) is 20.7. The number of carbonyl (C=O) groups excluding carboxylic acids is 1. The van der Waals surface area contributed by atoms with E-state index in [0.717, 1.165) is 18.4 Å². The van der Waals surface area contributed by atoms with Gasteiger partial charge in [0.2, 0.25) is 0 Å². The third kappa shape index (κ3) is 5.78. The number of hydrogen-bond acceptors (Lipinski definition) is 5. The van der Waals surface area contributed by atoms with Crippen molar-refractivity contribution in [3.8, 4) is 5.75 Å². The number of aromatic hydroxyl groups is 1. The molecule has 1 aromatic rings. The van der Waals surface area contributed by atoms with Gasteiger partial charge in [0.25, 0.3) is 5.91 Å². The molecule has 1 aromatic carbocycles. The fraction of sp³-hybridized carbons (Fsp3) is 0.720. The highest BCUT2D eigenvalue weighted by molar-refractivity contribution is 7.84. The van der Waals surface area contributed by atoms with E-state index >= 15 is 0 Å². The summed E-state index contributed by atoms with van der Waals surface area (Å²) in [4.78, 5) is 14.8. The van der Waals surface area contributed by atoms with E-state index in [1.807, 2.05) is 45.6 Å². The average molecular weight is 513 g/mol. The molecule has 3 fully saturated rings. The van der Waals surface area contributed by atoms with Gasteiger partial charge in [-0.1, -0.05) is 11.6 Å². The van der Waals surface area contributed by atoms with E-state index in [-0.39, 0.29) is 30.2 Å². The van der Waals surface area contributed by atoms with Crippen LogP contribution in [0.3, 0.4) is 0 Å². The largest absolute Gasteiger partial charge is 0.508 e. The number of rotatable bonds is 6. The monoisotopic (exact) mass is 512 g/mol. The molecule has 1 aliphatic carbocycles. The summed E-state index contributed by atoms with van der Waals surface area (Å²) in [6.45, 7) is 10.8. The molecule has 3 aliphatic rings. The van der Waals surface area contributed by atoms with E-state index in [0.29, 0.717) is 42.4 Å². The summed E-state index contributed by atoms with van der Waals surface area (Å²) in [6, 6.07) is 3.28. The van der Waals surface area contributed by atoms with E-state index in [4.69, 9.17) is 21.1 Å². The second-order valence-electron chi connectivity index (χ2n) is 11.2. The Hall–Kier alpha value is -1.19. The fourth-order valence-corrected chi connectivity index (χ4v) is 5.95. The van der Waals surface area contributed by atoms with Gasteiger partial charge in [-0.25, -0.2) is 8.93 Å². The molecular weight excluding hydrogens is 476 g/mol. The Morgan fingerprint density at radius 2 is 1.88 bits per heavy atom. The summed E-state index contributed by atoms with van der Waals surface area (Å²) in [5, 5.41) is 11.6. The standard InChI is InChI=1S/C25H37ClN2O5S/c1-24(2,3)34(31)27-22(18-12-19(26)17(13-20(18)29)15-6-7-15)16-8-10-28(11-9-16)23(30)21-14-32-25(4,5)33-21/h12-13,15-16,21-22,27,29H,6-11,14H2,1-5H3/t21-,22?,34+/m1/s1. The molecule has 1 saturated carbocycles. The van der Waals surface area contributed by atoms with Gasteiger partial charge in [-0.3, -0.25) is 4.79 Å². The van der Waals surface area contributed by atoms with Crippen molar-refractivity contribution in [2.75, 3.05) is 19.7 Å². The highest BCUT2D eigenvalue weighted by Crippen LogP contribution is 2.47. The van der Waals surface area contributed by atoms with Gasteiger partial charge in [0, 0.05) is 23.7 Å². The molecule has 2 N–H and O–H groups in total. The van der Waals surface area contributed by atoms with Crippen LogP contribution >= 0.6 is 11.6 Å². The number of benzene rings is 1. The molecular formula is C25H37ClN2O5S. The first-order valence-corrected chi connectivity index (χ1v) is 13.7. The second-order valence-corrected chi connectivity index (χ2v) is 13.6. The molecule has 0 radical (unpaired) electrons.